The molecule has 0 saturated heterocycles. The van der Waals surface area contributed by atoms with Crippen molar-refractivity contribution in [1.82, 2.24) is 5.32 Å². The number of halogens is 1. The highest BCUT2D eigenvalue weighted by Crippen LogP contribution is 2.23. The van der Waals surface area contributed by atoms with Crippen LogP contribution in [0.3, 0.4) is 0 Å². The number of rotatable bonds is 6. The normalized spacial score (nSPS) is 12.6. The Morgan fingerprint density at radius 3 is 2.65 bits per heavy atom. The van der Waals surface area contributed by atoms with Crippen LogP contribution in [0.15, 0.2) is 34.7 Å². The molecule has 1 heterocycles. The lowest BCUT2D eigenvalue weighted by molar-refractivity contribution is 0.398. The molecule has 2 aromatic rings. The molecular formula is C17H22FNO. The highest BCUT2D eigenvalue weighted by Gasteiger charge is 2.16. The fraction of sp³-hybridized carbons (Fsp3) is 0.412. The molecule has 0 bridgehead atoms. The molecule has 0 spiro atoms. The van der Waals surface area contributed by atoms with Gasteiger partial charge in [0.15, 0.2) is 0 Å². The Labute approximate surface area is 120 Å². The number of benzene rings is 1. The summed E-state index contributed by atoms with van der Waals surface area (Å²) in [5.74, 6) is 1.63. The summed E-state index contributed by atoms with van der Waals surface area (Å²) in [6, 6.07) is 9.00. The van der Waals surface area contributed by atoms with E-state index in [2.05, 4.69) is 12.2 Å². The molecule has 108 valence electrons. The topological polar surface area (TPSA) is 25.2 Å². The summed E-state index contributed by atoms with van der Waals surface area (Å²) in [7, 11) is 0. The molecule has 0 saturated carbocycles. The molecule has 2 rings (SSSR count). The van der Waals surface area contributed by atoms with Crippen LogP contribution in [0.1, 0.15) is 42.0 Å². The molecule has 0 amide bonds. The Bertz CT molecular complexity index is 562. The molecule has 1 aromatic heterocycles. The summed E-state index contributed by atoms with van der Waals surface area (Å²) in [6.45, 7) is 7.00. The Balaban J connectivity index is 2.21. The maximum atomic E-state index is 13.4. The van der Waals surface area contributed by atoms with Gasteiger partial charge in [0.1, 0.15) is 17.3 Å². The van der Waals surface area contributed by atoms with Gasteiger partial charge in [0.05, 0.1) is 6.04 Å². The second kappa shape index (κ2) is 6.71. The molecule has 1 atom stereocenters. The number of furan rings is 1. The fourth-order valence-electron chi connectivity index (χ4n) is 2.31. The van der Waals surface area contributed by atoms with E-state index in [1.54, 1.807) is 6.07 Å². The molecule has 20 heavy (non-hydrogen) atoms. The van der Waals surface area contributed by atoms with Crippen molar-refractivity contribution in [1.29, 1.82) is 0 Å². The van der Waals surface area contributed by atoms with Crippen LogP contribution in [-0.4, -0.2) is 6.54 Å². The lowest BCUT2D eigenvalue weighted by Gasteiger charge is -2.17. The Kier molecular flexibility index (Phi) is 4.96. The van der Waals surface area contributed by atoms with Crippen LogP contribution in [0.5, 0.6) is 0 Å². The van der Waals surface area contributed by atoms with Gasteiger partial charge < -0.3 is 9.73 Å². The van der Waals surface area contributed by atoms with E-state index < -0.39 is 0 Å². The summed E-state index contributed by atoms with van der Waals surface area (Å²) < 4.78 is 19.1. The molecule has 1 aromatic carbocycles. The molecule has 0 aliphatic rings. The summed E-state index contributed by atoms with van der Waals surface area (Å²) in [5, 5.41) is 3.48. The Morgan fingerprint density at radius 1 is 1.20 bits per heavy atom. The zero-order valence-corrected chi connectivity index (χ0v) is 12.4. The van der Waals surface area contributed by atoms with E-state index in [0.29, 0.717) is 0 Å². The molecule has 3 heteroatoms. The minimum atomic E-state index is -0.185. The van der Waals surface area contributed by atoms with Crippen LogP contribution in [0, 0.1) is 19.7 Å². The van der Waals surface area contributed by atoms with E-state index in [4.69, 9.17) is 4.42 Å². The molecule has 0 fully saturated rings. The molecule has 0 aliphatic heterocycles. The molecule has 0 aliphatic carbocycles. The second-order valence-corrected chi connectivity index (χ2v) is 5.23. The predicted molar refractivity (Wildman–Crippen MR) is 79.3 cm³/mol. The van der Waals surface area contributed by atoms with Gasteiger partial charge in [0.25, 0.3) is 0 Å². The van der Waals surface area contributed by atoms with Gasteiger partial charge in [-0.2, -0.15) is 0 Å². The Morgan fingerprint density at radius 2 is 2.00 bits per heavy atom. The fourth-order valence-corrected chi connectivity index (χ4v) is 2.31. The number of nitrogens with one attached hydrogen (secondary N) is 1. The van der Waals surface area contributed by atoms with Crippen molar-refractivity contribution in [2.45, 2.75) is 39.7 Å². The van der Waals surface area contributed by atoms with Gasteiger partial charge in [-0.15, -0.1) is 0 Å². The van der Waals surface area contributed by atoms with Crippen molar-refractivity contribution in [2.75, 3.05) is 6.54 Å². The Hall–Kier alpha value is -1.61. The molecule has 1 N–H and O–H groups in total. The first kappa shape index (κ1) is 14.8. The maximum Gasteiger partial charge on any atom is 0.123 e. The van der Waals surface area contributed by atoms with E-state index in [0.717, 1.165) is 42.0 Å². The van der Waals surface area contributed by atoms with Gasteiger partial charge in [-0.3, -0.25) is 0 Å². The summed E-state index contributed by atoms with van der Waals surface area (Å²) in [4.78, 5) is 0. The first-order chi connectivity index (χ1) is 9.60. The van der Waals surface area contributed by atoms with Crippen LogP contribution >= 0.6 is 0 Å². The highest BCUT2D eigenvalue weighted by atomic mass is 19.1. The predicted octanol–water partition coefficient (Wildman–Crippen LogP) is 4.32. The third kappa shape index (κ3) is 3.70. The third-order valence-electron chi connectivity index (χ3n) is 3.48. The van der Waals surface area contributed by atoms with E-state index in [1.165, 1.54) is 6.07 Å². The van der Waals surface area contributed by atoms with Crippen molar-refractivity contribution in [3.05, 3.63) is 58.8 Å². The number of aryl methyl sites for hydroxylation is 2. The molecule has 0 radical (unpaired) electrons. The van der Waals surface area contributed by atoms with Crippen LogP contribution in [0.2, 0.25) is 0 Å². The maximum absolute atomic E-state index is 13.4. The molecule has 1 unspecified atom stereocenters. The van der Waals surface area contributed by atoms with Gasteiger partial charge in [-0.1, -0.05) is 13.0 Å². The van der Waals surface area contributed by atoms with Crippen molar-refractivity contribution in [3.8, 4) is 0 Å². The van der Waals surface area contributed by atoms with Crippen LogP contribution in [-0.2, 0) is 6.42 Å². The van der Waals surface area contributed by atoms with E-state index in [1.807, 2.05) is 32.0 Å². The minimum Gasteiger partial charge on any atom is -0.465 e. The van der Waals surface area contributed by atoms with E-state index in [-0.39, 0.29) is 11.9 Å². The van der Waals surface area contributed by atoms with Gasteiger partial charge in [-0.05, 0) is 68.6 Å². The summed E-state index contributed by atoms with van der Waals surface area (Å²) >= 11 is 0. The van der Waals surface area contributed by atoms with Crippen LogP contribution < -0.4 is 5.32 Å². The van der Waals surface area contributed by atoms with Crippen molar-refractivity contribution >= 4 is 0 Å². The summed E-state index contributed by atoms with van der Waals surface area (Å²) in [6.07, 6.45) is 1.79. The second-order valence-electron chi connectivity index (χ2n) is 5.23. The largest absolute Gasteiger partial charge is 0.465 e. The summed E-state index contributed by atoms with van der Waals surface area (Å²) in [5.41, 5.74) is 2.13. The van der Waals surface area contributed by atoms with Crippen molar-refractivity contribution in [3.63, 3.8) is 0 Å². The van der Waals surface area contributed by atoms with E-state index >= 15 is 0 Å². The van der Waals surface area contributed by atoms with Gasteiger partial charge in [-0.25, -0.2) is 4.39 Å². The standard InChI is InChI=1S/C17H22FNO/c1-4-9-19-16(17-8-6-13(3)20-17)11-14-10-15(18)7-5-12(14)2/h5-8,10,16,19H,4,9,11H2,1-3H3. The zero-order chi connectivity index (χ0) is 14.5. The van der Waals surface area contributed by atoms with E-state index in [9.17, 15) is 4.39 Å². The lowest BCUT2D eigenvalue weighted by atomic mass is 9.99. The van der Waals surface area contributed by atoms with Gasteiger partial charge in [0.2, 0.25) is 0 Å². The van der Waals surface area contributed by atoms with Crippen molar-refractivity contribution < 1.29 is 8.81 Å². The monoisotopic (exact) mass is 275 g/mol. The first-order valence-corrected chi connectivity index (χ1v) is 7.15. The zero-order valence-electron chi connectivity index (χ0n) is 12.4. The minimum absolute atomic E-state index is 0.0872. The SMILES string of the molecule is CCCNC(Cc1cc(F)ccc1C)c1ccc(C)o1. The highest BCUT2D eigenvalue weighted by molar-refractivity contribution is 5.28. The van der Waals surface area contributed by atoms with Gasteiger partial charge >= 0.3 is 0 Å². The smallest absolute Gasteiger partial charge is 0.123 e. The average Bonchev–Trinajstić information content (AvgIpc) is 2.85. The third-order valence-corrected chi connectivity index (χ3v) is 3.48. The van der Waals surface area contributed by atoms with Crippen LogP contribution in [0.25, 0.3) is 0 Å². The quantitative estimate of drug-likeness (QED) is 0.849. The number of hydrogen-bond acceptors (Lipinski definition) is 2. The molecular weight excluding hydrogens is 253 g/mol. The average molecular weight is 275 g/mol. The van der Waals surface area contributed by atoms with Gasteiger partial charge in [0, 0.05) is 0 Å². The van der Waals surface area contributed by atoms with Crippen molar-refractivity contribution in [2.24, 2.45) is 0 Å². The lowest BCUT2D eigenvalue weighted by Crippen LogP contribution is -2.24. The van der Waals surface area contributed by atoms with Crippen LogP contribution in [0.4, 0.5) is 4.39 Å². The first-order valence-electron chi connectivity index (χ1n) is 7.15. The molecule has 2 nitrogen and oxygen atoms in total. The number of hydrogen-bond donors (Lipinski definition) is 1.